The van der Waals surface area contributed by atoms with Crippen molar-refractivity contribution in [2.75, 3.05) is 0 Å². The number of nitrogens with zero attached hydrogens (tertiary/aromatic N) is 1. The normalized spacial score (nSPS) is 12.9. The standard InChI is InChI=1S/C18H17F2N3O2S/c1-2-15(18-21-11-16(22-18)12-6-4-3-5-7-12)23-26(24,25)17-10-13(19)8-9-14(17)20/h3-11,15,23H,2H2,1H3,(H,21,22)/t15-/m1/s1. The molecule has 3 aromatic rings. The van der Waals surface area contributed by atoms with Crippen LogP contribution in [0, 0.1) is 11.6 Å². The van der Waals surface area contributed by atoms with Gasteiger partial charge in [-0.05, 0) is 30.2 Å². The summed E-state index contributed by atoms with van der Waals surface area (Å²) in [5.41, 5.74) is 1.63. The molecule has 0 saturated heterocycles. The van der Waals surface area contributed by atoms with Crippen molar-refractivity contribution in [3.63, 3.8) is 0 Å². The van der Waals surface area contributed by atoms with Crippen LogP contribution in [-0.4, -0.2) is 18.4 Å². The Bertz CT molecular complexity index is 1000. The number of aromatic amines is 1. The zero-order valence-corrected chi connectivity index (χ0v) is 14.7. The van der Waals surface area contributed by atoms with E-state index in [-0.39, 0.29) is 0 Å². The number of imidazole rings is 1. The Hall–Kier alpha value is -2.58. The fourth-order valence-corrected chi connectivity index (χ4v) is 3.92. The second-order valence-corrected chi connectivity index (χ2v) is 7.39. The number of sulfonamides is 1. The highest BCUT2D eigenvalue weighted by Crippen LogP contribution is 2.23. The molecule has 0 aliphatic heterocycles. The average Bonchev–Trinajstić information content (AvgIpc) is 3.12. The molecule has 0 spiro atoms. The monoisotopic (exact) mass is 377 g/mol. The van der Waals surface area contributed by atoms with E-state index in [1.807, 2.05) is 30.3 Å². The van der Waals surface area contributed by atoms with Crippen LogP contribution in [0.2, 0.25) is 0 Å². The molecule has 1 aromatic heterocycles. The minimum absolute atomic E-state index is 0.373. The van der Waals surface area contributed by atoms with Crippen molar-refractivity contribution in [2.24, 2.45) is 0 Å². The van der Waals surface area contributed by atoms with Crippen molar-refractivity contribution in [3.8, 4) is 11.3 Å². The molecule has 5 nitrogen and oxygen atoms in total. The van der Waals surface area contributed by atoms with E-state index in [0.717, 1.165) is 23.4 Å². The minimum Gasteiger partial charge on any atom is -0.341 e. The maximum Gasteiger partial charge on any atom is 0.244 e. The van der Waals surface area contributed by atoms with Crippen LogP contribution < -0.4 is 4.72 Å². The van der Waals surface area contributed by atoms with Crippen LogP contribution in [0.4, 0.5) is 8.78 Å². The number of hydrogen-bond acceptors (Lipinski definition) is 3. The van der Waals surface area contributed by atoms with Gasteiger partial charge in [0, 0.05) is 0 Å². The van der Waals surface area contributed by atoms with Gasteiger partial charge in [-0.25, -0.2) is 26.9 Å². The molecule has 2 N–H and O–H groups in total. The highest BCUT2D eigenvalue weighted by molar-refractivity contribution is 7.89. The molecule has 136 valence electrons. The quantitative estimate of drug-likeness (QED) is 0.686. The van der Waals surface area contributed by atoms with Gasteiger partial charge >= 0.3 is 0 Å². The minimum atomic E-state index is -4.25. The van der Waals surface area contributed by atoms with Crippen LogP contribution >= 0.6 is 0 Å². The summed E-state index contributed by atoms with van der Waals surface area (Å²) in [7, 11) is -4.25. The van der Waals surface area contributed by atoms with E-state index in [1.54, 1.807) is 13.1 Å². The van der Waals surface area contributed by atoms with Crippen molar-refractivity contribution >= 4 is 10.0 Å². The number of nitrogens with one attached hydrogen (secondary N) is 2. The fraction of sp³-hybridized carbons (Fsp3) is 0.167. The third kappa shape index (κ3) is 3.81. The lowest BCUT2D eigenvalue weighted by atomic mass is 10.2. The molecule has 0 radical (unpaired) electrons. The van der Waals surface area contributed by atoms with Crippen LogP contribution in [0.25, 0.3) is 11.3 Å². The molecular formula is C18H17F2N3O2S. The molecule has 8 heteroatoms. The third-order valence-electron chi connectivity index (χ3n) is 3.90. The maximum absolute atomic E-state index is 13.8. The number of benzene rings is 2. The molecule has 1 atom stereocenters. The maximum atomic E-state index is 13.8. The Balaban J connectivity index is 1.88. The van der Waals surface area contributed by atoms with Gasteiger partial charge in [0.2, 0.25) is 10.0 Å². The lowest BCUT2D eigenvalue weighted by molar-refractivity contribution is 0.522. The summed E-state index contributed by atoms with van der Waals surface area (Å²) in [5, 5.41) is 0. The Morgan fingerprint density at radius 2 is 1.88 bits per heavy atom. The zero-order chi connectivity index (χ0) is 18.7. The summed E-state index contributed by atoms with van der Waals surface area (Å²) < 4.78 is 54.5. The number of rotatable bonds is 6. The van der Waals surface area contributed by atoms with Gasteiger partial charge in [-0.2, -0.15) is 0 Å². The lowest BCUT2D eigenvalue weighted by Crippen LogP contribution is -2.29. The molecule has 1 heterocycles. The molecule has 0 saturated carbocycles. The fourth-order valence-electron chi connectivity index (χ4n) is 2.54. The molecule has 2 aromatic carbocycles. The second-order valence-electron chi connectivity index (χ2n) is 5.71. The summed E-state index contributed by atoms with van der Waals surface area (Å²) in [4.78, 5) is 6.58. The second kappa shape index (κ2) is 7.35. The Kier molecular flexibility index (Phi) is 5.15. The summed E-state index contributed by atoms with van der Waals surface area (Å²) in [6.07, 6.45) is 1.97. The molecule has 0 fully saturated rings. The zero-order valence-electron chi connectivity index (χ0n) is 13.9. The summed E-state index contributed by atoms with van der Waals surface area (Å²) in [6.45, 7) is 1.76. The Morgan fingerprint density at radius 1 is 1.15 bits per heavy atom. The van der Waals surface area contributed by atoms with Crippen molar-refractivity contribution in [1.82, 2.24) is 14.7 Å². The molecule has 0 aliphatic rings. The van der Waals surface area contributed by atoms with Gasteiger partial charge in [-0.15, -0.1) is 0 Å². The van der Waals surface area contributed by atoms with Gasteiger partial charge in [0.05, 0.1) is 17.9 Å². The lowest BCUT2D eigenvalue weighted by Gasteiger charge is -2.15. The first-order valence-corrected chi connectivity index (χ1v) is 9.46. The van der Waals surface area contributed by atoms with Gasteiger partial charge in [0.15, 0.2) is 0 Å². The van der Waals surface area contributed by atoms with E-state index in [1.165, 1.54) is 0 Å². The number of halogens is 2. The van der Waals surface area contributed by atoms with Crippen molar-refractivity contribution in [3.05, 3.63) is 72.2 Å². The van der Waals surface area contributed by atoms with E-state index in [4.69, 9.17) is 0 Å². The predicted octanol–water partition coefficient (Wildman–Crippen LogP) is 3.78. The molecule has 26 heavy (non-hydrogen) atoms. The molecule has 0 bridgehead atoms. The smallest absolute Gasteiger partial charge is 0.244 e. The average molecular weight is 377 g/mol. The molecule has 0 amide bonds. The van der Waals surface area contributed by atoms with E-state index in [2.05, 4.69) is 14.7 Å². The van der Waals surface area contributed by atoms with Crippen LogP contribution in [0.5, 0.6) is 0 Å². The van der Waals surface area contributed by atoms with Gasteiger partial charge in [-0.3, -0.25) is 0 Å². The summed E-state index contributed by atoms with van der Waals surface area (Å²) in [5.74, 6) is -1.45. The van der Waals surface area contributed by atoms with Gasteiger partial charge in [0.25, 0.3) is 0 Å². The molecule has 0 aliphatic carbocycles. The van der Waals surface area contributed by atoms with E-state index in [9.17, 15) is 17.2 Å². The van der Waals surface area contributed by atoms with E-state index < -0.39 is 32.6 Å². The Morgan fingerprint density at radius 3 is 2.58 bits per heavy atom. The molecule has 3 rings (SSSR count). The van der Waals surface area contributed by atoms with Crippen LogP contribution in [0.3, 0.4) is 0 Å². The van der Waals surface area contributed by atoms with Gasteiger partial charge in [-0.1, -0.05) is 37.3 Å². The topological polar surface area (TPSA) is 74.8 Å². The first-order chi connectivity index (χ1) is 12.4. The first-order valence-electron chi connectivity index (χ1n) is 7.98. The molecule has 0 unspecified atom stereocenters. The number of aromatic nitrogens is 2. The third-order valence-corrected chi connectivity index (χ3v) is 5.39. The predicted molar refractivity (Wildman–Crippen MR) is 93.7 cm³/mol. The van der Waals surface area contributed by atoms with Crippen LogP contribution in [0.1, 0.15) is 25.2 Å². The van der Waals surface area contributed by atoms with Gasteiger partial charge in [0.1, 0.15) is 22.4 Å². The SMILES string of the molecule is CC[C@@H](NS(=O)(=O)c1cc(F)ccc1F)c1ncc(-c2ccccc2)[nH]1. The number of H-pyrrole nitrogens is 1. The molecular weight excluding hydrogens is 360 g/mol. The Labute approximate surface area is 150 Å². The van der Waals surface area contributed by atoms with Crippen LogP contribution in [-0.2, 0) is 10.0 Å². The summed E-state index contributed by atoms with van der Waals surface area (Å²) in [6, 6.07) is 11.0. The highest BCUT2D eigenvalue weighted by atomic mass is 32.2. The van der Waals surface area contributed by atoms with Crippen molar-refractivity contribution in [1.29, 1.82) is 0 Å². The van der Waals surface area contributed by atoms with Gasteiger partial charge < -0.3 is 4.98 Å². The van der Waals surface area contributed by atoms with Crippen molar-refractivity contribution in [2.45, 2.75) is 24.3 Å². The van der Waals surface area contributed by atoms with E-state index >= 15 is 0 Å². The summed E-state index contributed by atoms with van der Waals surface area (Å²) >= 11 is 0. The van der Waals surface area contributed by atoms with Crippen molar-refractivity contribution < 1.29 is 17.2 Å². The largest absolute Gasteiger partial charge is 0.341 e. The number of hydrogen-bond donors (Lipinski definition) is 2. The first kappa shape index (κ1) is 18.2. The van der Waals surface area contributed by atoms with E-state index in [0.29, 0.717) is 18.3 Å². The van der Waals surface area contributed by atoms with Crippen LogP contribution in [0.15, 0.2) is 59.6 Å². The highest BCUT2D eigenvalue weighted by Gasteiger charge is 2.25.